The van der Waals surface area contributed by atoms with Crippen molar-refractivity contribution in [3.05, 3.63) is 72.2 Å². The molecule has 1 atom stereocenters. The highest BCUT2D eigenvalue weighted by Crippen LogP contribution is 2.12. The van der Waals surface area contributed by atoms with Crippen molar-refractivity contribution in [3.63, 3.8) is 0 Å². The second-order valence-corrected chi connectivity index (χ2v) is 4.71. The van der Waals surface area contributed by atoms with Crippen LogP contribution in [0, 0.1) is 0 Å². The summed E-state index contributed by atoms with van der Waals surface area (Å²) in [5.41, 5.74) is 3.35. The number of fused-ring (bicyclic) bond motifs is 1. The van der Waals surface area contributed by atoms with Gasteiger partial charge < -0.3 is 9.72 Å². The van der Waals surface area contributed by atoms with E-state index in [4.69, 9.17) is 0 Å². The third kappa shape index (κ3) is 2.66. The molecule has 2 heterocycles. The van der Waals surface area contributed by atoms with Gasteiger partial charge >= 0.3 is 0 Å². The Kier molecular flexibility index (Phi) is 3.29. The van der Waals surface area contributed by atoms with Crippen molar-refractivity contribution >= 4 is 5.65 Å². The first-order valence-corrected chi connectivity index (χ1v) is 6.54. The summed E-state index contributed by atoms with van der Waals surface area (Å²) < 4.78 is 2.05. The van der Waals surface area contributed by atoms with E-state index in [2.05, 4.69) is 47.7 Å². The molecule has 0 aliphatic heterocycles. The molecular weight excluding hydrogens is 234 g/mol. The Morgan fingerprint density at radius 1 is 1.11 bits per heavy atom. The lowest BCUT2D eigenvalue weighted by Crippen LogP contribution is -2.18. The quantitative estimate of drug-likeness (QED) is 0.771. The van der Waals surface area contributed by atoms with Crippen LogP contribution in [0.3, 0.4) is 0 Å². The molecule has 0 aliphatic carbocycles. The first-order chi connectivity index (χ1) is 9.33. The van der Waals surface area contributed by atoms with Gasteiger partial charge in [-0.1, -0.05) is 36.4 Å². The molecule has 0 amide bonds. The Labute approximate surface area is 112 Å². The molecule has 0 spiro atoms. The molecule has 0 saturated heterocycles. The standard InChI is InChI=1S/C16H17N3/c1-13(14-7-3-2-4-8-14)17-11-15-12-19-10-6-5-9-16(19)18-15/h2-10,12-13,17H,11H2,1H3. The zero-order valence-electron chi connectivity index (χ0n) is 11.0. The van der Waals surface area contributed by atoms with Gasteiger partial charge in [0.1, 0.15) is 5.65 Å². The van der Waals surface area contributed by atoms with Crippen molar-refractivity contribution in [1.29, 1.82) is 0 Å². The van der Waals surface area contributed by atoms with Crippen molar-refractivity contribution in [2.45, 2.75) is 19.5 Å². The molecule has 3 rings (SSSR count). The summed E-state index contributed by atoms with van der Waals surface area (Å²) in [6, 6.07) is 16.8. The fraction of sp³-hybridized carbons (Fsp3) is 0.188. The molecule has 3 aromatic rings. The molecule has 1 aromatic carbocycles. The maximum Gasteiger partial charge on any atom is 0.137 e. The Hall–Kier alpha value is -2.13. The molecule has 0 fully saturated rings. The molecule has 19 heavy (non-hydrogen) atoms. The summed E-state index contributed by atoms with van der Waals surface area (Å²) in [5.74, 6) is 0. The van der Waals surface area contributed by atoms with Crippen LogP contribution in [0.1, 0.15) is 24.2 Å². The number of imidazole rings is 1. The van der Waals surface area contributed by atoms with Crippen LogP contribution in [0.15, 0.2) is 60.9 Å². The maximum atomic E-state index is 4.58. The van der Waals surface area contributed by atoms with Gasteiger partial charge in [-0.15, -0.1) is 0 Å². The number of benzene rings is 1. The number of hydrogen-bond donors (Lipinski definition) is 1. The monoisotopic (exact) mass is 251 g/mol. The molecule has 0 aliphatic rings. The number of hydrogen-bond acceptors (Lipinski definition) is 2. The van der Waals surface area contributed by atoms with E-state index in [0.29, 0.717) is 6.04 Å². The second kappa shape index (κ2) is 5.24. The summed E-state index contributed by atoms with van der Waals surface area (Å²) in [4.78, 5) is 4.58. The van der Waals surface area contributed by atoms with Gasteiger partial charge in [-0.2, -0.15) is 0 Å². The van der Waals surface area contributed by atoms with E-state index in [-0.39, 0.29) is 0 Å². The lowest BCUT2D eigenvalue weighted by atomic mass is 10.1. The summed E-state index contributed by atoms with van der Waals surface area (Å²) in [5, 5.41) is 3.50. The van der Waals surface area contributed by atoms with Crippen LogP contribution in [0.5, 0.6) is 0 Å². The lowest BCUT2D eigenvalue weighted by Gasteiger charge is -2.12. The van der Waals surface area contributed by atoms with Crippen LogP contribution in [-0.2, 0) is 6.54 Å². The van der Waals surface area contributed by atoms with Gasteiger partial charge in [0.05, 0.1) is 5.69 Å². The van der Waals surface area contributed by atoms with Crippen LogP contribution >= 0.6 is 0 Å². The van der Waals surface area contributed by atoms with Crippen molar-refractivity contribution in [2.75, 3.05) is 0 Å². The molecule has 0 bridgehead atoms. The van der Waals surface area contributed by atoms with Crippen LogP contribution in [0.4, 0.5) is 0 Å². The molecule has 2 aromatic heterocycles. The van der Waals surface area contributed by atoms with E-state index in [1.54, 1.807) is 0 Å². The average molecular weight is 251 g/mol. The van der Waals surface area contributed by atoms with Crippen molar-refractivity contribution in [3.8, 4) is 0 Å². The van der Waals surface area contributed by atoms with Gasteiger partial charge in [0.2, 0.25) is 0 Å². The summed E-state index contributed by atoms with van der Waals surface area (Å²) in [6.45, 7) is 2.95. The maximum absolute atomic E-state index is 4.58. The number of pyridine rings is 1. The van der Waals surface area contributed by atoms with Crippen molar-refractivity contribution in [1.82, 2.24) is 14.7 Å². The second-order valence-electron chi connectivity index (χ2n) is 4.71. The number of rotatable bonds is 4. The van der Waals surface area contributed by atoms with Gasteiger partial charge in [-0.05, 0) is 24.6 Å². The summed E-state index contributed by atoms with van der Waals surface area (Å²) in [7, 11) is 0. The minimum absolute atomic E-state index is 0.325. The smallest absolute Gasteiger partial charge is 0.137 e. The molecule has 96 valence electrons. The Morgan fingerprint density at radius 2 is 1.89 bits per heavy atom. The zero-order valence-corrected chi connectivity index (χ0v) is 11.0. The lowest BCUT2D eigenvalue weighted by molar-refractivity contribution is 0.569. The number of nitrogens with zero attached hydrogens (tertiary/aromatic N) is 2. The molecule has 1 N–H and O–H groups in total. The van der Waals surface area contributed by atoms with Crippen LogP contribution in [0.2, 0.25) is 0 Å². The van der Waals surface area contributed by atoms with Crippen LogP contribution in [0.25, 0.3) is 5.65 Å². The van der Waals surface area contributed by atoms with E-state index in [1.165, 1.54) is 5.56 Å². The van der Waals surface area contributed by atoms with Gasteiger partial charge in [0, 0.05) is 25.0 Å². The average Bonchev–Trinajstić information content (AvgIpc) is 2.88. The van der Waals surface area contributed by atoms with E-state index >= 15 is 0 Å². The normalized spacial score (nSPS) is 12.7. The van der Waals surface area contributed by atoms with E-state index in [9.17, 15) is 0 Å². The first-order valence-electron chi connectivity index (χ1n) is 6.54. The fourth-order valence-electron chi connectivity index (χ4n) is 2.19. The van der Waals surface area contributed by atoms with Gasteiger partial charge in [0.15, 0.2) is 0 Å². The van der Waals surface area contributed by atoms with Crippen LogP contribution in [-0.4, -0.2) is 9.38 Å². The van der Waals surface area contributed by atoms with Gasteiger partial charge in [-0.25, -0.2) is 4.98 Å². The van der Waals surface area contributed by atoms with Gasteiger partial charge in [0.25, 0.3) is 0 Å². The van der Waals surface area contributed by atoms with Crippen molar-refractivity contribution < 1.29 is 0 Å². The van der Waals surface area contributed by atoms with E-state index < -0.39 is 0 Å². The molecule has 1 unspecified atom stereocenters. The zero-order chi connectivity index (χ0) is 13.1. The minimum Gasteiger partial charge on any atom is -0.307 e. The first kappa shape index (κ1) is 11.9. The fourth-order valence-corrected chi connectivity index (χ4v) is 2.19. The number of aromatic nitrogens is 2. The third-order valence-corrected chi connectivity index (χ3v) is 3.30. The molecule has 0 radical (unpaired) electrons. The Bertz CT molecular complexity index is 625. The summed E-state index contributed by atoms with van der Waals surface area (Å²) >= 11 is 0. The van der Waals surface area contributed by atoms with Gasteiger partial charge in [-0.3, -0.25) is 0 Å². The molecule has 3 heteroatoms. The number of nitrogens with one attached hydrogen (secondary N) is 1. The predicted octanol–water partition coefficient (Wildman–Crippen LogP) is 3.19. The Morgan fingerprint density at radius 3 is 2.68 bits per heavy atom. The van der Waals surface area contributed by atoms with E-state index in [0.717, 1.165) is 17.9 Å². The van der Waals surface area contributed by atoms with Crippen molar-refractivity contribution in [2.24, 2.45) is 0 Å². The SMILES string of the molecule is CC(NCc1cn2ccccc2n1)c1ccccc1. The van der Waals surface area contributed by atoms with Crippen LogP contribution < -0.4 is 5.32 Å². The highest BCUT2D eigenvalue weighted by Gasteiger charge is 2.05. The Balaban J connectivity index is 1.69. The molecule has 0 saturated carbocycles. The predicted molar refractivity (Wildman–Crippen MR) is 76.9 cm³/mol. The highest BCUT2D eigenvalue weighted by atomic mass is 15.0. The topological polar surface area (TPSA) is 29.3 Å². The molecule has 3 nitrogen and oxygen atoms in total. The third-order valence-electron chi connectivity index (χ3n) is 3.30. The minimum atomic E-state index is 0.325. The summed E-state index contributed by atoms with van der Waals surface area (Å²) in [6.07, 6.45) is 4.09. The molecular formula is C16H17N3. The highest BCUT2D eigenvalue weighted by molar-refractivity contribution is 5.39. The van der Waals surface area contributed by atoms with E-state index in [1.807, 2.05) is 34.9 Å². The largest absolute Gasteiger partial charge is 0.307 e.